The number of halogens is 3. The molecule has 13 heteroatoms. The fourth-order valence-corrected chi connectivity index (χ4v) is 6.92. The van der Waals surface area contributed by atoms with Gasteiger partial charge in [-0.2, -0.15) is 13.2 Å². The second-order valence-corrected chi connectivity index (χ2v) is 14.2. The Hall–Kier alpha value is -4.42. The molecule has 2 fully saturated rings. The molecule has 0 unspecified atom stereocenters. The molecule has 2 aromatic carbocycles. The maximum atomic E-state index is 14.6. The molecule has 0 bridgehead atoms. The summed E-state index contributed by atoms with van der Waals surface area (Å²) in [7, 11) is 1.81. The van der Waals surface area contributed by atoms with E-state index in [4.69, 9.17) is 4.74 Å². The first-order chi connectivity index (χ1) is 21.9. The Balaban J connectivity index is 1.35. The zero-order valence-electron chi connectivity index (χ0n) is 27.4. The van der Waals surface area contributed by atoms with Crippen LogP contribution in [0.1, 0.15) is 92.3 Å². The van der Waals surface area contributed by atoms with Crippen LogP contribution in [0.2, 0.25) is 0 Å². The van der Waals surface area contributed by atoms with Crippen LogP contribution in [0.3, 0.4) is 0 Å². The van der Waals surface area contributed by atoms with Crippen molar-refractivity contribution in [3.63, 3.8) is 0 Å². The summed E-state index contributed by atoms with van der Waals surface area (Å²) >= 11 is 0. The lowest BCUT2D eigenvalue weighted by molar-refractivity contribution is -0.138. The van der Waals surface area contributed by atoms with E-state index in [9.17, 15) is 27.6 Å². The third-order valence-corrected chi connectivity index (χ3v) is 9.66. The highest BCUT2D eigenvalue weighted by Gasteiger charge is 2.51. The van der Waals surface area contributed by atoms with E-state index >= 15 is 0 Å². The monoisotopic (exact) mass is 652 g/mol. The molecule has 1 saturated carbocycles. The van der Waals surface area contributed by atoms with Crippen molar-refractivity contribution in [2.75, 3.05) is 18.0 Å². The van der Waals surface area contributed by atoms with Crippen LogP contribution < -0.4 is 4.90 Å². The summed E-state index contributed by atoms with van der Waals surface area (Å²) in [5.74, 6) is -0.00660. The van der Waals surface area contributed by atoms with Gasteiger partial charge in [0.05, 0.1) is 17.5 Å². The second-order valence-electron chi connectivity index (χ2n) is 14.2. The van der Waals surface area contributed by atoms with E-state index in [1.807, 2.05) is 20.0 Å². The predicted molar refractivity (Wildman–Crippen MR) is 166 cm³/mol. The first-order valence-electron chi connectivity index (χ1n) is 15.7. The van der Waals surface area contributed by atoms with Crippen molar-refractivity contribution in [1.29, 1.82) is 0 Å². The van der Waals surface area contributed by atoms with Gasteiger partial charge in [-0.05, 0) is 87.9 Å². The molecule has 47 heavy (non-hydrogen) atoms. The molecule has 0 atom stereocenters. The third kappa shape index (κ3) is 5.73. The molecule has 3 heterocycles. The Morgan fingerprint density at radius 3 is 2.34 bits per heavy atom. The number of aromatic nitrogens is 3. The van der Waals surface area contributed by atoms with Crippen LogP contribution in [0.15, 0.2) is 42.7 Å². The lowest BCUT2D eigenvalue weighted by Crippen LogP contribution is -2.62. The van der Waals surface area contributed by atoms with Crippen LogP contribution >= 0.6 is 0 Å². The molecule has 0 spiro atoms. The van der Waals surface area contributed by atoms with Gasteiger partial charge in [-0.3, -0.25) is 14.5 Å². The van der Waals surface area contributed by atoms with E-state index in [-0.39, 0.29) is 35.7 Å². The molecule has 1 saturated heterocycles. The lowest BCUT2D eigenvalue weighted by atomic mass is 9.72. The van der Waals surface area contributed by atoms with Crippen molar-refractivity contribution in [2.45, 2.75) is 89.7 Å². The van der Waals surface area contributed by atoms with E-state index < -0.39 is 40.3 Å². The van der Waals surface area contributed by atoms with Gasteiger partial charge in [0.15, 0.2) is 0 Å². The first kappa shape index (κ1) is 32.5. The summed E-state index contributed by atoms with van der Waals surface area (Å²) in [4.78, 5) is 43.9. The van der Waals surface area contributed by atoms with Crippen molar-refractivity contribution in [1.82, 2.24) is 24.6 Å². The zero-order valence-corrected chi connectivity index (χ0v) is 27.4. The Morgan fingerprint density at radius 2 is 1.79 bits per heavy atom. The van der Waals surface area contributed by atoms with Gasteiger partial charge in [0, 0.05) is 50.4 Å². The standard InChI is InChI=1S/C34H39F3N6O4/c1-21(44)41-18-33(19-41,29-39-38-20-40(29)6)23-9-7-10-24(15-23)42-17-26-25(28(42)45)13-22(14-27(26)34(35,36)37)16-43(32(5)11-8-12-32)30(46)47-31(2,3)4/h7,9-10,13-15,20H,8,11-12,16-19H2,1-6H3. The summed E-state index contributed by atoms with van der Waals surface area (Å²) in [5, 5.41) is 8.34. The minimum atomic E-state index is -4.73. The summed E-state index contributed by atoms with van der Waals surface area (Å²) < 4.78 is 51.2. The smallest absolute Gasteiger partial charge is 0.416 e. The highest BCUT2D eigenvalue weighted by Crippen LogP contribution is 2.44. The number of amides is 3. The number of carbonyl (C=O) groups is 3. The van der Waals surface area contributed by atoms with Crippen molar-refractivity contribution < 1.29 is 32.3 Å². The number of ether oxygens (including phenoxy) is 1. The normalized spacial score (nSPS) is 18.4. The van der Waals surface area contributed by atoms with Gasteiger partial charge in [0.1, 0.15) is 17.8 Å². The Kier molecular flexibility index (Phi) is 7.67. The Labute approximate surface area is 271 Å². The van der Waals surface area contributed by atoms with E-state index in [0.717, 1.165) is 18.1 Å². The number of nitrogens with zero attached hydrogens (tertiary/aromatic N) is 6. The van der Waals surface area contributed by atoms with Gasteiger partial charge >= 0.3 is 12.3 Å². The molecule has 3 aliphatic rings. The Morgan fingerprint density at radius 1 is 1.09 bits per heavy atom. The number of likely N-dealkylation sites (tertiary alicyclic amines) is 1. The molecule has 3 aromatic rings. The molecule has 250 valence electrons. The van der Waals surface area contributed by atoms with Crippen LogP contribution in [-0.2, 0) is 41.3 Å². The molecule has 0 radical (unpaired) electrons. The maximum absolute atomic E-state index is 14.6. The van der Waals surface area contributed by atoms with Crippen LogP contribution in [-0.4, -0.2) is 66.7 Å². The SMILES string of the molecule is CC(=O)N1CC(c2cccc(N3Cc4c(cc(CN(C(=O)OC(C)(C)C)C5(C)CCC5)cc4C(F)(F)F)C3=O)c2)(c2nncn2C)C1. The number of fused-ring (bicyclic) bond motifs is 1. The first-order valence-corrected chi connectivity index (χ1v) is 15.7. The van der Waals surface area contributed by atoms with Crippen LogP contribution in [0.5, 0.6) is 0 Å². The number of benzene rings is 2. The number of alkyl halides is 3. The third-order valence-electron chi connectivity index (χ3n) is 9.66. The summed E-state index contributed by atoms with van der Waals surface area (Å²) in [6.45, 7) is 8.92. The van der Waals surface area contributed by atoms with Crippen LogP contribution in [0.4, 0.5) is 23.7 Å². The number of hydrogen-bond acceptors (Lipinski definition) is 6. The van der Waals surface area contributed by atoms with Gasteiger partial charge in [-0.1, -0.05) is 12.1 Å². The average Bonchev–Trinajstić information content (AvgIpc) is 3.51. The average molecular weight is 653 g/mol. The number of rotatable bonds is 6. The fourth-order valence-electron chi connectivity index (χ4n) is 6.92. The van der Waals surface area contributed by atoms with Gasteiger partial charge in [0.25, 0.3) is 5.91 Å². The molecule has 2 aliphatic heterocycles. The number of carbonyl (C=O) groups excluding carboxylic acids is 3. The minimum Gasteiger partial charge on any atom is -0.444 e. The fraction of sp³-hybridized carbons (Fsp3) is 0.500. The molecule has 1 aromatic heterocycles. The van der Waals surface area contributed by atoms with Crippen LogP contribution in [0.25, 0.3) is 0 Å². The van der Waals surface area contributed by atoms with Crippen molar-refractivity contribution in [2.24, 2.45) is 7.05 Å². The quantitative estimate of drug-likeness (QED) is 0.333. The second kappa shape index (κ2) is 11.1. The number of anilines is 1. The zero-order chi connectivity index (χ0) is 34.1. The Bertz CT molecular complexity index is 1750. The van der Waals surface area contributed by atoms with Gasteiger partial charge in [-0.25, -0.2) is 4.79 Å². The van der Waals surface area contributed by atoms with E-state index in [1.165, 1.54) is 22.8 Å². The van der Waals surface area contributed by atoms with Gasteiger partial charge < -0.3 is 19.1 Å². The summed E-state index contributed by atoms with van der Waals surface area (Å²) in [6, 6.07) is 9.63. The van der Waals surface area contributed by atoms with Gasteiger partial charge in [0.2, 0.25) is 5.91 Å². The largest absolute Gasteiger partial charge is 0.444 e. The molecule has 3 amide bonds. The minimum absolute atomic E-state index is 0.0439. The van der Waals surface area contributed by atoms with E-state index in [1.54, 1.807) is 54.8 Å². The maximum Gasteiger partial charge on any atom is 0.416 e. The molecule has 10 nitrogen and oxygen atoms in total. The topological polar surface area (TPSA) is 101 Å². The summed E-state index contributed by atoms with van der Waals surface area (Å²) in [6.07, 6.45) is -1.46. The number of hydrogen-bond donors (Lipinski definition) is 0. The molecular weight excluding hydrogens is 613 g/mol. The van der Waals surface area contributed by atoms with Crippen molar-refractivity contribution in [3.05, 3.63) is 76.4 Å². The molecule has 0 N–H and O–H groups in total. The highest BCUT2D eigenvalue weighted by molar-refractivity contribution is 6.10. The summed E-state index contributed by atoms with van der Waals surface area (Å²) in [5.41, 5.74) is -1.69. The molecule has 6 rings (SSSR count). The molecular formula is C34H39F3N6O4. The van der Waals surface area contributed by atoms with Crippen molar-refractivity contribution >= 4 is 23.6 Å². The number of aryl methyl sites for hydroxylation is 1. The predicted octanol–water partition coefficient (Wildman–Crippen LogP) is 5.82. The molecule has 1 aliphatic carbocycles. The lowest BCUT2D eigenvalue weighted by Gasteiger charge is -2.49. The van der Waals surface area contributed by atoms with E-state index in [2.05, 4.69) is 10.2 Å². The van der Waals surface area contributed by atoms with Crippen LogP contribution in [0, 0.1) is 0 Å². The highest BCUT2D eigenvalue weighted by atomic mass is 19.4. The van der Waals surface area contributed by atoms with E-state index in [0.29, 0.717) is 37.4 Å². The van der Waals surface area contributed by atoms with Crippen molar-refractivity contribution in [3.8, 4) is 0 Å². The van der Waals surface area contributed by atoms with Gasteiger partial charge in [-0.15, -0.1) is 10.2 Å².